The molecule has 5 nitrogen and oxygen atoms in total. The van der Waals surface area contributed by atoms with Crippen molar-refractivity contribution in [2.75, 3.05) is 0 Å². The van der Waals surface area contributed by atoms with Crippen LogP contribution in [0.4, 0.5) is 4.79 Å². The van der Waals surface area contributed by atoms with Gasteiger partial charge in [-0.1, -0.05) is 13.8 Å². The summed E-state index contributed by atoms with van der Waals surface area (Å²) in [6.45, 7) is 4.95. The highest BCUT2D eigenvalue weighted by molar-refractivity contribution is 7.88. The van der Waals surface area contributed by atoms with E-state index in [-0.39, 0.29) is 0 Å². The maximum atomic E-state index is 11.4. The topological polar surface area (TPSA) is 86.5 Å². The van der Waals surface area contributed by atoms with E-state index in [0.29, 0.717) is 12.8 Å². The van der Waals surface area contributed by atoms with E-state index in [0.717, 1.165) is 0 Å². The molecule has 1 amide bonds. The van der Waals surface area contributed by atoms with Crippen molar-refractivity contribution in [2.45, 2.75) is 38.4 Å². The van der Waals surface area contributed by atoms with E-state index in [9.17, 15) is 13.2 Å². The van der Waals surface area contributed by atoms with Crippen molar-refractivity contribution in [1.82, 2.24) is 0 Å². The summed E-state index contributed by atoms with van der Waals surface area (Å²) in [7, 11) is -3.90. The van der Waals surface area contributed by atoms with E-state index in [4.69, 9.17) is 0 Å². The molecule has 0 unspecified atom stereocenters. The molecule has 0 aliphatic heterocycles. The lowest BCUT2D eigenvalue weighted by atomic mass is 10.1. The predicted octanol–water partition coefficient (Wildman–Crippen LogP) is 0.990. The van der Waals surface area contributed by atoms with Gasteiger partial charge in [-0.15, -0.1) is 0 Å². The van der Waals surface area contributed by atoms with Gasteiger partial charge in [0.25, 0.3) is 0 Å². The molecule has 6 heteroatoms. The first-order chi connectivity index (χ1) is 5.79. The minimum Gasteiger partial charge on any atom is -0.334 e. The third kappa shape index (κ3) is 2.58. The van der Waals surface area contributed by atoms with Crippen LogP contribution in [0.3, 0.4) is 0 Å². The highest BCUT2D eigenvalue weighted by Gasteiger charge is 2.38. The number of hydrogen-bond donors (Lipinski definition) is 1. The quantitative estimate of drug-likeness (QED) is 0.699. The molecule has 0 aromatic rings. The summed E-state index contributed by atoms with van der Waals surface area (Å²) < 4.78 is 25.9. The molecule has 13 heavy (non-hydrogen) atoms. The summed E-state index contributed by atoms with van der Waals surface area (Å²) in [6.07, 6.45) is -0.536. The maximum absolute atomic E-state index is 11.4. The van der Waals surface area contributed by atoms with Gasteiger partial charge in [0.2, 0.25) is 0 Å². The Balaban J connectivity index is 4.90. The van der Waals surface area contributed by atoms with Crippen LogP contribution >= 0.6 is 0 Å². The number of rotatable bonds is 4. The van der Waals surface area contributed by atoms with Crippen molar-refractivity contribution < 1.29 is 17.4 Å². The van der Waals surface area contributed by atoms with Gasteiger partial charge in [-0.25, -0.2) is 4.79 Å². The van der Waals surface area contributed by atoms with Gasteiger partial charge in [0.15, 0.2) is 0 Å². The average molecular weight is 209 g/mol. The fraction of sp³-hybridized carbons (Fsp3) is 0.857. The molecular formula is C7H15NO4S. The van der Waals surface area contributed by atoms with Crippen LogP contribution in [0, 0.1) is 0 Å². The molecule has 78 valence electrons. The van der Waals surface area contributed by atoms with E-state index in [1.54, 1.807) is 13.8 Å². The van der Waals surface area contributed by atoms with Crippen LogP contribution in [-0.4, -0.2) is 19.3 Å². The van der Waals surface area contributed by atoms with Crippen LogP contribution in [0.15, 0.2) is 0 Å². The lowest BCUT2D eigenvalue weighted by molar-refractivity contribution is 0.210. The molecule has 2 N–H and O–H groups in total. The Morgan fingerprint density at radius 2 is 1.77 bits per heavy atom. The number of nitrogens with two attached hydrogens (primary N) is 1. The molecule has 0 fully saturated rings. The zero-order chi connectivity index (χ0) is 10.7. The normalized spacial score (nSPS) is 12.5. The van der Waals surface area contributed by atoms with Crippen LogP contribution in [-0.2, 0) is 14.3 Å². The Labute approximate surface area is 78.4 Å². The lowest BCUT2D eigenvalue weighted by Crippen LogP contribution is -2.37. The zero-order valence-electron chi connectivity index (χ0n) is 8.03. The average Bonchev–Trinajstić information content (AvgIpc) is 2.00. The van der Waals surface area contributed by atoms with Crippen LogP contribution in [0.2, 0.25) is 0 Å². The van der Waals surface area contributed by atoms with E-state index in [2.05, 4.69) is 9.92 Å². The summed E-state index contributed by atoms with van der Waals surface area (Å²) >= 11 is 0. The van der Waals surface area contributed by atoms with Crippen molar-refractivity contribution in [3.63, 3.8) is 0 Å². The van der Waals surface area contributed by atoms with Crippen LogP contribution in [0.1, 0.15) is 33.6 Å². The molecule has 0 radical (unpaired) electrons. The fourth-order valence-electron chi connectivity index (χ4n) is 0.812. The fourth-order valence-corrected chi connectivity index (χ4v) is 1.94. The third-order valence-corrected chi connectivity index (χ3v) is 4.46. The molecule has 0 bridgehead atoms. The minimum atomic E-state index is -3.90. The molecule has 0 atom stereocenters. The van der Waals surface area contributed by atoms with E-state index < -0.39 is 21.0 Å². The Bertz CT molecular complexity index is 279. The maximum Gasteiger partial charge on any atom is 0.420 e. The molecule has 0 aromatic carbocycles. The number of hydrogen-bond acceptors (Lipinski definition) is 4. The van der Waals surface area contributed by atoms with E-state index >= 15 is 0 Å². The molecule has 0 saturated heterocycles. The molecule has 0 aliphatic rings. The molecule has 0 aromatic heterocycles. The number of carbonyl (C=O) groups excluding carboxylic acids is 1. The molecular weight excluding hydrogens is 194 g/mol. The van der Waals surface area contributed by atoms with Crippen LogP contribution < -0.4 is 5.73 Å². The van der Waals surface area contributed by atoms with Crippen LogP contribution in [0.5, 0.6) is 0 Å². The number of carbonyl (C=O) groups is 1. The first kappa shape index (κ1) is 12.2. The van der Waals surface area contributed by atoms with E-state index in [1.165, 1.54) is 6.92 Å². The number of primary amides is 1. The van der Waals surface area contributed by atoms with Crippen molar-refractivity contribution in [1.29, 1.82) is 0 Å². The van der Waals surface area contributed by atoms with Gasteiger partial charge in [0.05, 0.1) is 0 Å². The minimum absolute atomic E-state index is 0.374. The molecule has 0 spiro atoms. The van der Waals surface area contributed by atoms with Crippen molar-refractivity contribution in [3.8, 4) is 0 Å². The monoisotopic (exact) mass is 209 g/mol. The second-order valence-electron chi connectivity index (χ2n) is 3.01. The SMILES string of the molecule is CCC(C)(CC)S(=O)(=O)OC(N)=O. The molecule has 0 saturated carbocycles. The van der Waals surface area contributed by atoms with Gasteiger partial charge in [-0.3, -0.25) is 0 Å². The van der Waals surface area contributed by atoms with Crippen LogP contribution in [0.25, 0.3) is 0 Å². The van der Waals surface area contributed by atoms with Gasteiger partial charge in [-0.05, 0) is 19.8 Å². The van der Waals surface area contributed by atoms with Gasteiger partial charge >= 0.3 is 16.2 Å². The smallest absolute Gasteiger partial charge is 0.334 e. The summed E-state index contributed by atoms with van der Waals surface area (Å²) in [4.78, 5) is 10.3. The molecule has 0 rings (SSSR count). The zero-order valence-corrected chi connectivity index (χ0v) is 8.85. The van der Waals surface area contributed by atoms with Gasteiger partial charge < -0.3 is 9.92 Å². The summed E-state index contributed by atoms with van der Waals surface area (Å²) in [6, 6.07) is 0. The van der Waals surface area contributed by atoms with Crippen molar-refractivity contribution in [2.24, 2.45) is 5.73 Å². The Morgan fingerprint density at radius 1 is 1.38 bits per heavy atom. The Hall–Kier alpha value is -0.780. The second-order valence-corrected chi connectivity index (χ2v) is 5.07. The standard InChI is InChI=1S/C7H15NO4S/c1-4-7(3,5-2)13(10,11)12-6(8)9/h4-5H2,1-3H3,(H2,8,9). The Kier molecular flexibility index (Phi) is 3.71. The Morgan fingerprint density at radius 3 is 2.00 bits per heavy atom. The van der Waals surface area contributed by atoms with Gasteiger partial charge in [-0.2, -0.15) is 8.42 Å². The van der Waals surface area contributed by atoms with Gasteiger partial charge in [0.1, 0.15) is 4.75 Å². The largest absolute Gasteiger partial charge is 0.420 e. The molecule has 0 heterocycles. The van der Waals surface area contributed by atoms with Crippen molar-refractivity contribution in [3.05, 3.63) is 0 Å². The molecule has 0 aliphatic carbocycles. The first-order valence-electron chi connectivity index (χ1n) is 4.02. The predicted molar refractivity (Wildman–Crippen MR) is 48.6 cm³/mol. The first-order valence-corrected chi connectivity index (χ1v) is 5.43. The van der Waals surface area contributed by atoms with E-state index in [1.807, 2.05) is 0 Å². The summed E-state index contributed by atoms with van der Waals surface area (Å²) in [5.74, 6) is 0. The summed E-state index contributed by atoms with van der Waals surface area (Å²) in [5.41, 5.74) is 4.64. The highest BCUT2D eigenvalue weighted by atomic mass is 32.2. The highest BCUT2D eigenvalue weighted by Crippen LogP contribution is 2.26. The van der Waals surface area contributed by atoms with Gasteiger partial charge in [0, 0.05) is 0 Å². The lowest BCUT2D eigenvalue weighted by Gasteiger charge is -2.24. The van der Waals surface area contributed by atoms with Crippen molar-refractivity contribution >= 4 is 16.2 Å². The second kappa shape index (κ2) is 3.95. The number of amides is 1. The third-order valence-electron chi connectivity index (χ3n) is 2.29. The summed E-state index contributed by atoms with van der Waals surface area (Å²) in [5, 5.41) is 0.